The Balaban J connectivity index is 0.000000591. The van der Waals surface area contributed by atoms with Gasteiger partial charge in [-0.3, -0.25) is 4.79 Å². The molecule has 4 aliphatic rings. The van der Waals surface area contributed by atoms with E-state index in [4.69, 9.17) is 19.4 Å². The van der Waals surface area contributed by atoms with E-state index < -0.39 is 41.2 Å². The van der Waals surface area contributed by atoms with Crippen molar-refractivity contribution in [3.05, 3.63) is 59.3 Å². The normalized spacial score (nSPS) is 30.0. The minimum absolute atomic E-state index is 0.0613. The number of hydrogen-bond acceptors (Lipinski definition) is 6. The summed E-state index contributed by atoms with van der Waals surface area (Å²) in [5, 5.41) is 17.9. The molecule has 35 heavy (non-hydrogen) atoms. The fraction of sp³-hybridized carbons (Fsp3) is 0.440. The molecule has 6 rings (SSSR count). The van der Waals surface area contributed by atoms with Gasteiger partial charge in [0.15, 0.2) is 17.6 Å². The lowest BCUT2D eigenvalue weighted by atomic mass is 9.53. The lowest BCUT2D eigenvalue weighted by Crippen LogP contribution is -2.65. The number of alkyl halides is 3. The number of benzene rings is 1. The number of hydrogen-bond donors (Lipinski definition) is 2. The molecule has 0 amide bonds. The summed E-state index contributed by atoms with van der Waals surface area (Å²) in [4.78, 5) is 15.2. The molecule has 2 aliphatic carbocycles. The van der Waals surface area contributed by atoms with Gasteiger partial charge in [0.2, 0.25) is 5.88 Å². The molecule has 1 aromatic heterocycles. The average Bonchev–Trinajstić information content (AvgIpc) is 3.14. The molecule has 186 valence electrons. The van der Waals surface area contributed by atoms with Crippen LogP contribution in [0.4, 0.5) is 13.2 Å². The van der Waals surface area contributed by atoms with E-state index >= 15 is 0 Å². The van der Waals surface area contributed by atoms with Crippen LogP contribution in [0, 0.1) is 5.92 Å². The summed E-state index contributed by atoms with van der Waals surface area (Å²) in [6, 6.07) is 6.06. The topological polar surface area (TPSA) is 92.1 Å². The molecule has 2 aliphatic heterocycles. The van der Waals surface area contributed by atoms with Crippen LogP contribution in [0.1, 0.15) is 30.0 Å². The molecule has 1 saturated heterocycles. The molecule has 7 nitrogen and oxygen atoms in total. The first-order valence-electron chi connectivity index (χ1n) is 11.3. The van der Waals surface area contributed by atoms with Crippen LogP contribution in [0.5, 0.6) is 17.4 Å². The average molecular weight is 490 g/mol. The van der Waals surface area contributed by atoms with Crippen molar-refractivity contribution in [3.8, 4) is 17.4 Å². The molecule has 2 aromatic rings. The van der Waals surface area contributed by atoms with Crippen LogP contribution < -0.4 is 9.47 Å². The zero-order valence-electron chi connectivity index (χ0n) is 19.1. The molecule has 1 aromatic carbocycles. The van der Waals surface area contributed by atoms with Gasteiger partial charge in [-0.2, -0.15) is 13.2 Å². The first-order chi connectivity index (χ1) is 16.5. The number of piperidine rings is 1. The third-order valence-corrected chi connectivity index (χ3v) is 7.45. The Morgan fingerprint density at radius 3 is 2.74 bits per heavy atom. The van der Waals surface area contributed by atoms with Crippen molar-refractivity contribution in [1.29, 1.82) is 0 Å². The molecule has 10 heteroatoms. The number of rotatable bonds is 2. The molecule has 2 bridgehead atoms. The Morgan fingerprint density at radius 1 is 1.29 bits per heavy atom. The SMILES string of the molecule is CC(=O)O.CN1CC[C@]23c4c5ccc(O)c4O[C@H]2[C@@H](Oc2ncccc2C(F)(F)F)C=C[C@H]3[C@H]1C5. The number of phenols is 1. The molecule has 3 heterocycles. The van der Waals surface area contributed by atoms with Gasteiger partial charge in [0, 0.05) is 36.1 Å². The Kier molecular flexibility index (Phi) is 5.47. The molecular weight excluding hydrogens is 465 g/mol. The van der Waals surface area contributed by atoms with Crippen molar-refractivity contribution < 1.29 is 37.7 Å². The maximum absolute atomic E-state index is 13.5. The summed E-state index contributed by atoms with van der Waals surface area (Å²) in [7, 11) is 2.11. The van der Waals surface area contributed by atoms with E-state index in [0.717, 1.165) is 43.5 Å². The van der Waals surface area contributed by atoms with Crippen LogP contribution in [0.2, 0.25) is 0 Å². The number of ether oxygens (including phenoxy) is 2. The van der Waals surface area contributed by atoms with Crippen molar-refractivity contribution in [2.45, 2.75) is 49.6 Å². The summed E-state index contributed by atoms with van der Waals surface area (Å²) >= 11 is 0. The van der Waals surface area contributed by atoms with Gasteiger partial charge in [-0.1, -0.05) is 12.1 Å². The first kappa shape index (κ1) is 23.5. The van der Waals surface area contributed by atoms with E-state index in [2.05, 4.69) is 23.0 Å². The summed E-state index contributed by atoms with van der Waals surface area (Å²) in [6.45, 7) is 1.92. The van der Waals surface area contributed by atoms with Crippen LogP contribution in [0.15, 0.2) is 42.6 Å². The van der Waals surface area contributed by atoms with E-state index in [9.17, 15) is 18.3 Å². The van der Waals surface area contributed by atoms with Gasteiger partial charge in [-0.05, 0) is 56.3 Å². The van der Waals surface area contributed by atoms with Gasteiger partial charge in [-0.25, -0.2) is 4.98 Å². The van der Waals surface area contributed by atoms with E-state index in [0.29, 0.717) is 5.75 Å². The number of carbonyl (C=O) groups is 1. The fourth-order valence-electron chi connectivity index (χ4n) is 6.15. The highest BCUT2D eigenvalue weighted by Gasteiger charge is 2.65. The number of aliphatic carboxylic acids is 1. The Morgan fingerprint density at radius 2 is 2.03 bits per heavy atom. The monoisotopic (exact) mass is 490 g/mol. The number of carboxylic acids is 1. The number of aromatic nitrogens is 1. The summed E-state index contributed by atoms with van der Waals surface area (Å²) in [6.07, 6.45) is 0.924. The standard InChI is InChI=1S/C23H21F3N2O3.C2H4O2/c1-28-10-8-22-13-5-7-17(30-21-14(23(24,25)26)3-2-9-27-21)20(22)31-19-16(29)6-4-12(18(19)22)11-15(13)28;1-2(3)4/h2-7,9,13,15,17,20,29H,8,10-11H2,1H3;1H3,(H,3,4)/t13-,15+,17-,20-,22-;/m0./s1. The van der Waals surface area contributed by atoms with E-state index in [-0.39, 0.29) is 17.7 Å². The largest absolute Gasteiger partial charge is 0.504 e. The Bertz CT molecular complexity index is 1200. The molecule has 0 saturated carbocycles. The highest BCUT2D eigenvalue weighted by molar-refractivity contribution is 5.63. The van der Waals surface area contributed by atoms with Crippen LogP contribution in [0.3, 0.4) is 0 Å². The first-order valence-corrected chi connectivity index (χ1v) is 11.3. The van der Waals surface area contributed by atoms with Crippen LogP contribution in [-0.2, 0) is 22.8 Å². The van der Waals surface area contributed by atoms with Crippen molar-refractivity contribution in [2.24, 2.45) is 5.92 Å². The van der Waals surface area contributed by atoms with Gasteiger partial charge in [0.25, 0.3) is 5.97 Å². The number of halogens is 3. The lowest BCUT2D eigenvalue weighted by molar-refractivity contribution is -0.140. The Labute approximate surface area is 199 Å². The van der Waals surface area contributed by atoms with Gasteiger partial charge in [-0.15, -0.1) is 0 Å². The second kappa shape index (κ2) is 8.15. The Hall–Kier alpha value is -3.27. The minimum atomic E-state index is -4.57. The molecular formula is C25H25F3N2O5. The second-order valence-corrected chi connectivity index (χ2v) is 9.39. The van der Waals surface area contributed by atoms with Crippen molar-refractivity contribution in [1.82, 2.24) is 9.88 Å². The van der Waals surface area contributed by atoms with Gasteiger partial charge in [0.05, 0.1) is 0 Å². The van der Waals surface area contributed by atoms with E-state index in [1.165, 1.54) is 12.3 Å². The van der Waals surface area contributed by atoms with Gasteiger partial charge < -0.3 is 24.6 Å². The highest BCUT2D eigenvalue weighted by atomic mass is 19.4. The second-order valence-electron chi connectivity index (χ2n) is 9.39. The minimum Gasteiger partial charge on any atom is -0.504 e. The molecule has 0 unspecified atom stereocenters. The number of aromatic hydroxyl groups is 1. The van der Waals surface area contributed by atoms with E-state index in [1.807, 2.05) is 12.1 Å². The molecule has 1 fully saturated rings. The third kappa shape index (κ3) is 3.62. The number of pyridine rings is 1. The number of nitrogens with zero attached hydrogens (tertiary/aromatic N) is 2. The maximum atomic E-state index is 13.5. The van der Waals surface area contributed by atoms with Crippen LogP contribution in [-0.4, -0.2) is 57.9 Å². The lowest BCUT2D eigenvalue weighted by Gasteiger charge is -2.56. The zero-order valence-corrected chi connectivity index (χ0v) is 19.1. The summed E-state index contributed by atoms with van der Waals surface area (Å²) < 4.78 is 52.7. The number of carboxylic acid groups (broad SMARTS) is 1. The predicted molar refractivity (Wildman–Crippen MR) is 119 cm³/mol. The fourth-order valence-corrected chi connectivity index (χ4v) is 6.15. The number of phenolic OH excluding ortho intramolecular Hbond substituents is 1. The molecule has 1 spiro atoms. The van der Waals surface area contributed by atoms with Crippen LogP contribution >= 0.6 is 0 Å². The summed E-state index contributed by atoms with van der Waals surface area (Å²) in [5.74, 6) is -0.641. The molecule has 2 N–H and O–H groups in total. The molecule has 0 radical (unpaired) electrons. The summed E-state index contributed by atoms with van der Waals surface area (Å²) in [5.41, 5.74) is 0.783. The predicted octanol–water partition coefficient (Wildman–Crippen LogP) is 3.79. The smallest absolute Gasteiger partial charge is 0.421 e. The third-order valence-electron chi connectivity index (χ3n) is 7.45. The van der Waals surface area contributed by atoms with Crippen LogP contribution in [0.25, 0.3) is 0 Å². The van der Waals surface area contributed by atoms with Crippen molar-refractivity contribution >= 4 is 5.97 Å². The maximum Gasteiger partial charge on any atom is 0.421 e. The number of likely N-dealkylation sites (tertiary alicyclic amines) is 1. The highest BCUT2D eigenvalue weighted by Crippen LogP contribution is 2.62. The van der Waals surface area contributed by atoms with Gasteiger partial charge >= 0.3 is 6.18 Å². The quantitative estimate of drug-likeness (QED) is 0.619. The van der Waals surface area contributed by atoms with Crippen molar-refractivity contribution in [3.63, 3.8) is 0 Å². The number of likely N-dealkylation sites (N-methyl/N-ethyl adjacent to an activating group) is 1. The van der Waals surface area contributed by atoms with Gasteiger partial charge in [0.1, 0.15) is 11.7 Å². The van der Waals surface area contributed by atoms with E-state index in [1.54, 1.807) is 6.07 Å². The zero-order chi connectivity index (χ0) is 25.1. The molecule has 5 atom stereocenters. The van der Waals surface area contributed by atoms with Crippen molar-refractivity contribution in [2.75, 3.05) is 13.6 Å².